The van der Waals surface area contributed by atoms with Crippen molar-refractivity contribution in [3.8, 4) is 0 Å². The van der Waals surface area contributed by atoms with Crippen LogP contribution in [-0.4, -0.2) is 34.4 Å². The summed E-state index contributed by atoms with van der Waals surface area (Å²) in [5.41, 5.74) is -0.285. The molecule has 2 N–H and O–H groups in total. The standard InChI is InChI=1S/C9H20N2O/c1-8(2)5-6-10-7-9(3,4)11(8)12/h10,12H,5-7H2,1-4H3. The fourth-order valence-corrected chi connectivity index (χ4v) is 1.79. The molecule has 0 radical (unpaired) electrons. The van der Waals surface area contributed by atoms with E-state index in [-0.39, 0.29) is 11.1 Å². The van der Waals surface area contributed by atoms with Gasteiger partial charge in [-0.25, -0.2) is 0 Å². The highest BCUT2D eigenvalue weighted by molar-refractivity contribution is 4.91. The summed E-state index contributed by atoms with van der Waals surface area (Å²) < 4.78 is 0. The summed E-state index contributed by atoms with van der Waals surface area (Å²) in [5, 5.41) is 14.7. The fraction of sp³-hybridized carbons (Fsp3) is 1.00. The molecule has 0 aromatic rings. The van der Waals surface area contributed by atoms with Crippen LogP contribution >= 0.6 is 0 Å². The maximum atomic E-state index is 9.94. The molecule has 0 aliphatic carbocycles. The molecule has 1 rings (SSSR count). The van der Waals surface area contributed by atoms with Gasteiger partial charge in [0.2, 0.25) is 0 Å². The Morgan fingerprint density at radius 1 is 1.17 bits per heavy atom. The van der Waals surface area contributed by atoms with Crippen LogP contribution in [-0.2, 0) is 0 Å². The third-order valence-corrected chi connectivity index (χ3v) is 2.62. The van der Waals surface area contributed by atoms with Gasteiger partial charge in [-0.15, -0.1) is 0 Å². The van der Waals surface area contributed by atoms with Gasteiger partial charge in [-0.3, -0.25) is 0 Å². The maximum absolute atomic E-state index is 9.94. The minimum Gasteiger partial charge on any atom is -0.315 e. The maximum Gasteiger partial charge on any atom is 0.0534 e. The summed E-state index contributed by atoms with van der Waals surface area (Å²) >= 11 is 0. The Morgan fingerprint density at radius 2 is 1.75 bits per heavy atom. The molecule has 0 spiro atoms. The number of hydrogen-bond acceptors (Lipinski definition) is 3. The third kappa shape index (κ3) is 1.79. The summed E-state index contributed by atoms with van der Waals surface area (Å²) in [6.45, 7) is 10.1. The SMILES string of the molecule is CC1(C)CCNCC(C)(C)N1O. The first-order valence-electron chi connectivity index (χ1n) is 4.56. The lowest BCUT2D eigenvalue weighted by Crippen LogP contribution is -2.54. The molecule has 0 saturated carbocycles. The van der Waals surface area contributed by atoms with Crippen molar-refractivity contribution in [1.82, 2.24) is 10.4 Å². The van der Waals surface area contributed by atoms with E-state index in [1.54, 1.807) is 0 Å². The Balaban J connectivity index is 2.81. The van der Waals surface area contributed by atoms with Crippen molar-refractivity contribution in [3.05, 3.63) is 0 Å². The van der Waals surface area contributed by atoms with Gasteiger partial charge in [0.05, 0.1) is 5.54 Å². The number of hydroxylamine groups is 2. The van der Waals surface area contributed by atoms with Crippen molar-refractivity contribution in [1.29, 1.82) is 0 Å². The summed E-state index contributed by atoms with van der Waals surface area (Å²) in [6.07, 6.45) is 0.979. The molecular formula is C9H20N2O. The second-order valence-electron chi connectivity index (χ2n) is 4.86. The van der Waals surface area contributed by atoms with Gasteiger partial charge in [0.1, 0.15) is 0 Å². The van der Waals surface area contributed by atoms with E-state index in [1.807, 2.05) is 13.8 Å². The zero-order valence-electron chi connectivity index (χ0n) is 8.52. The molecule has 1 aliphatic heterocycles. The molecule has 1 heterocycles. The van der Waals surface area contributed by atoms with Gasteiger partial charge in [-0.2, -0.15) is 5.06 Å². The molecule has 1 saturated heterocycles. The van der Waals surface area contributed by atoms with Crippen molar-refractivity contribution in [2.24, 2.45) is 0 Å². The Labute approximate surface area is 74.7 Å². The van der Waals surface area contributed by atoms with Crippen molar-refractivity contribution in [3.63, 3.8) is 0 Å². The zero-order chi connectivity index (χ0) is 9.41. The number of hydrogen-bond donors (Lipinski definition) is 2. The largest absolute Gasteiger partial charge is 0.315 e. The van der Waals surface area contributed by atoms with Gasteiger partial charge in [0, 0.05) is 12.1 Å². The molecule has 0 aromatic carbocycles. The minimum atomic E-state index is -0.167. The lowest BCUT2D eigenvalue weighted by molar-refractivity contribution is -0.217. The molecule has 1 aliphatic rings. The van der Waals surface area contributed by atoms with Crippen LogP contribution in [0.1, 0.15) is 34.1 Å². The predicted molar refractivity (Wildman–Crippen MR) is 49.3 cm³/mol. The van der Waals surface area contributed by atoms with E-state index < -0.39 is 0 Å². The second-order valence-corrected chi connectivity index (χ2v) is 4.86. The summed E-state index contributed by atoms with van der Waals surface area (Å²) in [5.74, 6) is 0. The highest BCUT2D eigenvalue weighted by Crippen LogP contribution is 2.26. The van der Waals surface area contributed by atoms with E-state index in [0.717, 1.165) is 19.5 Å². The normalized spacial score (nSPS) is 29.8. The summed E-state index contributed by atoms with van der Waals surface area (Å²) in [6, 6.07) is 0. The highest BCUT2D eigenvalue weighted by Gasteiger charge is 2.38. The van der Waals surface area contributed by atoms with Crippen LogP contribution in [0.2, 0.25) is 0 Å². The van der Waals surface area contributed by atoms with Crippen LogP contribution in [0.4, 0.5) is 0 Å². The van der Waals surface area contributed by atoms with E-state index in [4.69, 9.17) is 0 Å². The van der Waals surface area contributed by atoms with E-state index >= 15 is 0 Å². The van der Waals surface area contributed by atoms with Crippen molar-refractivity contribution >= 4 is 0 Å². The average Bonchev–Trinajstić information content (AvgIpc) is 2.02. The molecular weight excluding hydrogens is 152 g/mol. The average molecular weight is 172 g/mol. The van der Waals surface area contributed by atoms with Crippen LogP contribution in [0.25, 0.3) is 0 Å². The van der Waals surface area contributed by atoms with Crippen LogP contribution in [0.5, 0.6) is 0 Å². The predicted octanol–water partition coefficient (Wildman–Crippen LogP) is 1.23. The first kappa shape index (κ1) is 9.96. The molecule has 0 unspecified atom stereocenters. The van der Waals surface area contributed by atoms with Crippen molar-refractivity contribution < 1.29 is 5.21 Å². The van der Waals surface area contributed by atoms with Gasteiger partial charge in [0.25, 0.3) is 0 Å². The molecule has 3 nitrogen and oxygen atoms in total. The van der Waals surface area contributed by atoms with Gasteiger partial charge in [-0.1, -0.05) is 0 Å². The molecule has 1 fully saturated rings. The first-order valence-corrected chi connectivity index (χ1v) is 4.56. The van der Waals surface area contributed by atoms with E-state index in [2.05, 4.69) is 19.2 Å². The smallest absolute Gasteiger partial charge is 0.0534 e. The topological polar surface area (TPSA) is 35.5 Å². The Hall–Kier alpha value is -0.120. The van der Waals surface area contributed by atoms with E-state index in [9.17, 15) is 5.21 Å². The molecule has 3 heteroatoms. The fourth-order valence-electron chi connectivity index (χ4n) is 1.79. The monoisotopic (exact) mass is 172 g/mol. The number of rotatable bonds is 0. The van der Waals surface area contributed by atoms with Crippen molar-refractivity contribution in [2.45, 2.75) is 45.2 Å². The molecule has 0 amide bonds. The van der Waals surface area contributed by atoms with Gasteiger partial charge in [0.15, 0.2) is 0 Å². The van der Waals surface area contributed by atoms with Crippen LogP contribution in [0.15, 0.2) is 0 Å². The lowest BCUT2D eigenvalue weighted by atomic mass is 9.95. The van der Waals surface area contributed by atoms with E-state index in [1.165, 1.54) is 5.06 Å². The summed E-state index contributed by atoms with van der Waals surface area (Å²) in [4.78, 5) is 0. The number of nitrogens with zero attached hydrogens (tertiary/aromatic N) is 1. The zero-order valence-corrected chi connectivity index (χ0v) is 8.52. The van der Waals surface area contributed by atoms with Gasteiger partial charge >= 0.3 is 0 Å². The van der Waals surface area contributed by atoms with Crippen LogP contribution in [0, 0.1) is 0 Å². The van der Waals surface area contributed by atoms with Crippen molar-refractivity contribution in [2.75, 3.05) is 13.1 Å². The molecule has 0 atom stereocenters. The highest BCUT2D eigenvalue weighted by atomic mass is 16.5. The Bertz CT molecular complexity index is 148. The van der Waals surface area contributed by atoms with Crippen LogP contribution in [0.3, 0.4) is 0 Å². The lowest BCUT2D eigenvalue weighted by Gasteiger charge is -2.41. The Morgan fingerprint density at radius 3 is 2.33 bits per heavy atom. The molecule has 12 heavy (non-hydrogen) atoms. The Kier molecular flexibility index (Phi) is 2.47. The summed E-state index contributed by atoms with van der Waals surface area (Å²) in [7, 11) is 0. The number of nitrogens with one attached hydrogen (secondary N) is 1. The molecule has 72 valence electrons. The minimum absolute atomic E-state index is 0.118. The first-order chi connectivity index (χ1) is 5.36. The third-order valence-electron chi connectivity index (χ3n) is 2.62. The van der Waals surface area contributed by atoms with E-state index in [0.29, 0.717) is 0 Å². The molecule has 0 bridgehead atoms. The second kappa shape index (κ2) is 2.98. The quantitative estimate of drug-likeness (QED) is 0.577. The van der Waals surface area contributed by atoms with Crippen LogP contribution < -0.4 is 5.32 Å². The van der Waals surface area contributed by atoms with Gasteiger partial charge in [-0.05, 0) is 40.7 Å². The molecule has 0 aromatic heterocycles. The van der Waals surface area contributed by atoms with Gasteiger partial charge < -0.3 is 10.5 Å².